The minimum Gasteiger partial charge on any atom is -0.497 e. The number of carbonyl (C=O) groups excluding carboxylic acids is 1. The number of hydrogen-bond donors (Lipinski definition) is 2. The second-order valence-electron chi connectivity index (χ2n) is 6.74. The van der Waals surface area contributed by atoms with Crippen molar-refractivity contribution in [2.75, 3.05) is 25.6 Å². The van der Waals surface area contributed by atoms with E-state index in [2.05, 4.69) is 43.5 Å². The number of anilines is 1. The molecule has 2 aromatic rings. The van der Waals surface area contributed by atoms with Gasteiger partial charge >= 0.3 is 6.03 Å². The smallest absolute Gasteiger partial charge is 0.319 e. The lowest BCUT2D eigenvalue weighted by Crippen LogP contribution is -2.32. The summed E-state index contributed by atoms with van der Waals surface area (Å²) < 4.78 is 10.8. The molecule has 5 heteroatoms. The Morgan fingerprint density at radius 1 is 1.04 bits per heavy atom. The topological polar surface area (TPSA) is 59.6 Å². The summed E-state index contributed by atoms with van der Waals surface area (Å²) in [6, 6.07) is 15.0. The van der Waals surface area contributed by atoms with Crippen molar-refractivity contribution in [1.82, 2.24) is 5.32 Å². The maximum absolute atomic E-state index is 11.9. The van der Waals surface area contributed by atoms with Crippen molar-refractivity contribution in [3.63, 3.8) is 0 Å². The zero-order valence-electron chi connectivity index (χ0n) is 15.3. The van der Waals surface area contributed by atoms with Crippen molar-refractivity contribution in [3.05, 3.63) is 54.1 Å². The molecule has 0 spiro atoms. The molecule has 0 aliphatic rings. The Kier molecular flexibility index (Phi) is 6.28. The van der Waals surface area contributed by atoms with Crippen LogP contribution >= 0.6 is 0 Å². The van der Waals surface area contributed by atoms with Crippen LogP contribution in [-0.2, 0) is 5.41 Å². The van der Waals surface area contributed by atoms with Gasteiger partial charge in [-0.1, -0.05) is 39.0 Å². The first kappa shape index (κ1) is 18.6. The molecule has 2 amide bonds. The first-order chi connectivity index (χ1) is 11.9. The van der Waals surface area contributed by atoms with Crippen LogP contribution in [0.3, 0.4) is 0 Å². The maximum atomic E-state index is 11.9. The van der Waals surface area contributed by atoms with Crippen LogP contribution in [0.2, 0.25) is 0 Å². The fourth-order valence-corrected chi connectivity index (χ4v) is 2.26. The van der Waals surface area contributed by atoms with E-state index in [1.165, 1.54) is 5.56 Å². The number of amides is 2. The van der Waals surface area contributed by atoms with Crippen LogP contribution < -0.4 is 20.1 Å². The van der Waals surface area contributed by atoms with Crippen LogP contribution in [0, 0.1) is 0 Å². The molecule has 0 aromatic heterocycles. The third-order valence-corrected chi connectivity index (χ3v) is 3.70. The van der Waals surface area contributed by atoms with Crippen molar-refractivity contribution >= 4 is 11.7 Å². The highest BCUT2D eigenvalue weighted by Crippen LogP contribution is 2.24. The first-order valence-electron chi connectivity index (χ1n) is 8.31. The highest BCUT2D eigenvalue weighted by Gasteiger charge is 2.12. The van der Waals surface area contributed by atoms with E-state index in [-0.39, 0.29) is 11.4 Å². The van der Waals surface area contributed by atoms with E-state index >= 15 is 0 Å². The number of nitrogens with one attached hydrogen (secondary N) is 2. The molecule has 2 aromatic carbocycles. The Labute approximate surface area is 149 Å². The molecule has 0 heterocycles. The van der Waals surface area contributed by atoms with Gasteiger partial charge in [0.2, 0.25) is 0 Å². The Hall–Kier alpha value is -2.69. The molecule has 0 fully saturated rings. The number of ether oxygens (including phenoxy) is 2. The van der Waals surface area contributed by atoms with Crippen LogP contribution in [0.15, 0.2) is 48.5 Å². The number of carbonyl (C=O) groups is 1. The molecule has 0 aliphatic carbocycles. The van der Waals surface area contributed by atoms with Crippen LogP contribution in [0.25, 0.3) is 0 Å². The Morgan fingerprint density at radius 2 is 1.76 bits per heavy atom. The molecule has 134 valence electrons. The summed E-state index contributed by atoms with van der Waals surface area (Å²) in [5.74, 6) is 1.49. The highest BCUT2D eigenvalue weighted by atomic mass is 16.5. The van der Waals surface area contributed by atoms with E-state index < -0.39 is 0 Å². The molecule has 0 saturated heterocycles. The average Bonchev–Trinajstić information content (AvgIpc) is 2.58. The number of urea groups is 1. The lowest BCUT2D eigenvalue weighted by atomic mass is 9.87. The molecular formula is C20H26N2O3. The van der Waals surface area contributed by atoms with Gasteiger partial charge in [-0.3, -0.25) is 0 Å². The summed E-state index contributed by atoms with van der Waals surface area (Å²) in [6.07, 6.45) is 0. The van der Waals surface area contributed by atoms with Gasteiger partial charge in [0.05, 0.1) is 13.7 Å². The van der Waals surface area contributed by atoms with Gasteiger partial charge in [-0.15, -0.1) is 0 Å². The molecule has 5 nitrogen and oxygen atoms in total. The van der Waals surface area contributed by atoms with E-state index in [9.17, 15) is 4.79 Å². The molecular weight excluding hydrogens is 316 g/mol. The summed E-state index contributed by atoms with van der Waals surface area (Å²) in [7, 11) is 1.59. The van der Waals surface area contributed by atoms with E-state index in [4.69, 9.17) is 9.47 Å². The van der Waals surface area contributed by atoms with Crippen LogP contribution in [0.5, 0.6) is 11.5 Å². The van der Waals surface area contributed by atoms with E-state index in [1.807, 2.05) is 24.3 Å². The fraction of sp³-hybridized carbons (Fsp3) is 0.350. The molecule has 0 atom stereocenters. The van der Waals surface area contributed by atoms with Gasteiger partial charge in [-0.05, 0) is 35.2 Å². The molecule has 0 aliphatic heterocycles. The van der Waals surface area contributed by atoms with E-state index in [1.54, 1.807) is 19.2 Å². The van der Waals surface area contributed by atoms with Crippen molar-refractivity contribution < 1.29 is 14.3 Å². The minimum atomic E-state index is -0.278. The Morgan fingerprint density at radius 3 is 2.40 bits per heavy atom. The number of benzene rings is 2. The molecule has 0 radical (unpaired) electrons. The zero-order valence-corrected chi connectivity index (χ0v) is 15.3. The number of rotatable bonds is 6. The Bertz CT molecular complexity index is 691. The van der Waals surface area contributed by atoms with Gasteiger partial charge in [0.25, 0.3) is 0 Å². The number of hydrogen-bond acceptors (Lipinski definition) is 3. The van der Waals surface area contributed by atoms with Gasteiger partial charge in [0.1, 0.15) is 18.1 Å². The van der Waals surface area contributed by atoms with Crippen molar-refractivity contribution in [2.24, 2.45) is 0 Å². The molecule has 25 heavy (non-hydrogen) atoms. The Balaban J connectivity index is 1.72. The normalized spacial score (nSPS) is 10.9. The second-order valence-corrected chi connectivity index (χ2v) is 6.74. The van der Waals surface area contributed by atoms with E-state index in [0.29, 0.717) is 24.6 Å². The quantitative estimate of drug-likeness (QED) is 0.774. The standard InChI is InChI=1S/C20H26N2O3/c1-20(2,3)15-8-10-17(11-9-15)25-13-12-21-19(23)22-16-6-5-7-18(14-16)24-4/h5-11,14H,12-13H2,1-4H3,(H2,21,22,23). The van der Waals surface area contributed by atoms with Gasteiger partial charge in [0, 0.05) is 11.8 Å². The van der Waals surface area contributed by atoms with E-state index in [0.717, 1.165) is 5.75 Å². The van der Waals surface area contributed by atoms with Crippen LogP contribution in [0.4, 0.5) is 10.5 Å². The molecule has 0 saturated carbocycles. The first-order valence-corrected chi connectivity index (χ1v) is 8.31. The maximum Gasteiger partial charge on any atom is 0.319 e. The molecule has 0 bridgehead atoms. The van der Waals surface area contributed by atoms with Crippen molar-refractivity contribution in [2.45, 2.75) is 26.2 Å². The SMILES string of the molecule is COc1cccc(NC(=O)NCCOc2ccc(C(C)(C)C)cc2)c1. The zero-order chi connectivity index (χ0) is 18.3. The average molecular weight is 342 g/mol. The largest absolute Gasteiger partial charge is 0.497 e. The van der Waals surface area contributed by atoms with Crippen molar-refractivity contribution in [3.8, 4) is 11.5 Å². The monoisotopic (exact) mass is 342 g/mol. The lowest BCUT2D eigenvalue weighted by molar-refractivity contribution is 0.247. The molecule has 2 rings (SSSR count). The second kappa shape index (κ2) is 8.42. The molecule has 0 unspecified atom stereocenters. The minimum absolute atomic E-state index is 0.123. The van der Waals surface area contributed by atoms with Gasteiger partial charge < -0.3 is 20.1 Å². The summed E-state index contributed by atoms with van der Waals surface area (Å²) in [4.78, 5) is 11.9. The van der Waals surface area contributed by atoms with Gasteiger partial charge in [-0.2, -0.15) is 0 Å². The van der Waals surface area contributed by atoms with Crippen LogP contribution in [-0.4, -0.2) is 26.3 Å². The highest BCUT2D eigenvalue weighted by molar-refractivity contribution is 5.89. The molecule has 2 N–H and O–H groups in total. The summed E-state index contributed by atoms with van der Waals surface area (Å²) in [5.41, 5.74) is 2.06. The summed E-state index contributed by atoms with van der Waals surface area (Å²) in [6.45, 7) is 7.34. The fourth-order valence-electron chi connectivity index (χ4n) is 2.26. The van der Waals surface area contributed by atoms with Gasteiger partial charge in [-0.25, -0.2) is 4.79 Å². The summed E-state index contributed by atoms with van der Waals surface area (Å²) in [5, 5.41) is 5.51. The number of methoxy groups -OCH3 is 1. The van der Waals surface area contributed by atoms with Crippen molar-refractivity contribution in [1.29, 1.82) is 0 Å². The lowest BCUT2D eigenvalue weighted by Gasteiger charge is -2.19. The van der Waals surface area contributed by atoms with Crippen LogP contribution in [0.1, 0.15) is 26.3 Å². The third kappa shape index (κ3) is 6.03. The summed E-state index contributed by atoms with van der Waals surface area (Å²) >= 11 is 0. The predicted octanol–water partition coefficient (Wildman–Crippen LogP) is 4.19. The predicted molar refractivity (Wildman–Crippen MR) is 101 cm³/mol. The van der Waals surface area contributed by atoms with Gasteiger partial charge in [0.15, 0.2) is 0 Å². The third-order valence-electron chi connectivity index (χ3n) is 3.70.